The van der Waals surface area contributed by atoms with E-state index in [4.69, 9.17) is 4.98 Å². The molecule has 4 aromatic rings. The molecule has 1 aliphatic heterocycles. The number of hydrogen-bond acceptors (Lipinski definition) is 6. The van der Waals surface area contributed by atoms with E-state index in [1.807, 2.05) is 111 Å². The summed E-state index contributed by atoms with van der Waals surface area (Å²) in [5.74, 6) is -2.37. The van der Waals surface area contributed by atoms with Crippen molar-refractivity contribution in [1.82, 2.24) is 19.8 Å². The number of benzene rings is 2. The van der Waals surface area contributed by atoms with Crippen molar-refractivity contribution in [1.29, 1.82) is 0 Å². The molecule has 7 rings (SSSR count). The summed E-state index contributed by atoms with van der Waals surface area (Å²) in [4.78, 5) is 41.5. The quantitative estimate of drug-likeness (QED) is 0.217. The molecule has 2 bridgehead atoms. The average Bonchev–Trinajstić information content (AvgIpc) is 3.69. The van der Waals surface area contributed by atoms with Crippen molar-refractivity contribution < 1.29 is 14.7 Å². The van der Waals surface area contributed by atoms with Crippen molar-refractivity contribution in [2.75, 3.05) is 27.2 Å². The van der Waals surface area contributed by atoms with E-state index in [0.29, 0.717) is 29.8 Å². The van der Waals surface area contributed by atoms with Gasteiger partial charge in [0.1, 0.15) is 0 Å². The SMILES string of the molecule is CN(C)CCCN1C(=O)C2C3C=C(C(O)(c4ccccc4)c4ccccn4)C(/C3=C(\c3ccccc3)c3ccccn3)C2C1=O. The topological polar surface area (TPSA) is 86.6 Å². The van der Waals surface area contributed by atoms with E-state index in [2.05, 4.69) is 16.0 Å². The van der Waals surface area contributed by atoms with Gasteiger partial charge in [0.15, 0.2) is 5.60 Å². The number of aromatic nitrogens is 2. The third-order valence-corrected chi connectivity index (χ3v) is 9.53. The molecule has 1 N–H and O–H groups in total. The Hall–Kier alpha value is -4.72. The Balaban J connectivity index is 1.45. The van der Waals surface area contributed by atoms with Crippen LogP contribution < -0.4 is 0 Å². The van der Waals surface area contributed by atoms with Crippen LogP contribution in [0.15, 0.2) is 127 Å². The molecule has 226 valence electrons. The first-order chi connectivity index (χ1) is 21.9. The molecule has 45 heavy (non-hydrogen) atoms. The number of carbonyl (C=O) groups excluding carboxylic acids is 2. The molecule has 2 aliphatic carbocycles. The first-order valence-electron chi connectivity index (χ1n) is 15.5. The number of nitrogens with zero attached hydrogens (tertiary/aromatic N) is 4. The lowest BCUT2D eigenvalue weighted by molar-refractivity contribution is -0.140. The molecule has 0 spiro atoms. The second kappa shape index (κ2) is 11.7. The summed E-state index contributed by atoms with van der Waals surface area (Å²) >= 11 is 0. The number of carbonyl (C=O) groups is 2. The first-order valence-corrected chi connectivity index (χ1v) is 15.5. The molecule has 2 aromatic heterocycles. The van der Waals surface area contributed by atoms with Gasteiger partial charge in [0.05, 0.1) is 23.2 Å². The summed E-state index contributed by atoms with van der Waals surface area (Å²) in [6.45, 7) is 1.16. The first kappa shape index (κ1) is 29.0. The van der Waals surface area contributed by atoms with E-state index >= 15 is 0 Å². The summed E-state index contributed by atoms with van der Waals surface area (Å²) in [5, 5.41) is 13.0. The third-order valence-electron chi connectivity index (χ3n) is 9.53. The standard InChI is InChI=1S/C38H36N4O3/c1-41(2)22-13-23-42-36(43)33-27-24-28(38(45,26-16-7-4-8-17-26)30-19-10-12-21-40-30)34(35(33)37(42)44)32(27)31(25-14-5-3-6-15-25)29-18-9-11-20-39-29/h3-12,14-21,24,27,33-35,45H,13,22-23H2,1-2H3/b32-31+. The van der Waals surface area contributed by atoms with E-state index < -0.39 is 23.4 Å². The zero-order valence-corrected chi connectivity index (χ0v) is 25.5. The highest BCUT2D eigenvalue weighted by Crippen LogP contribution is 2.64. The van der Waals surface area contributed by atoms with Gasteiger partial charge in [0, 0.05) is 36.3 Å². The van der Waals surface area contributed by atoms with Crippen molar-refractivity contribution in [2.24, 2.45) is 23.7 Å². The number of imide groups is 1. The van der Waals surface area contributed by atoms with Crippen LogP contribution in [-0.2, 0) is 15.2 Å². The van der Waals surface area contributed by atoms with Crippen LogP contribution in [0.25, 0.3) is 5.57 Å². The second-order valence-electron chi connectivity index (χ2n) is 12.4. The smallest absolute Gasteiger partial charge is 0.234 e. The summed E-state index contributed by atoms with van der Waals surface area (Å²) < 4.78 is 0. The molecule has 7 heteroatoms. The van der Waals surface area contributed by atoms with Crippen LogP contribution in [0.3, 0.4) is 0 Å². The molecule has 2 aromatic carbocycles. The lowest BCUT2D eigenvalue weighted by Crippen LogP contribution is -2.39. The van der Waals surface area contributed by atoms with Gasteiger partial charge >= 0.3 is 0 Å². The Labute approximate surface area is 263 Å². The van der Waals surface area contributed by atoms with Crippen molar-refractivity contribution in [3.8, 4) is 0 Å². The van der Waals surface area contributed by atoms with Crippen molar-refractivity contribution in [3.63, 3.8) is 0 Å². The zero-order chi connectivity index (χ0) is 31.1. The molecule has 3 aliphatic rings. The number of likely N-dealkylation sites (tertiary alicyclic amines) is 1. The van der Waals surface area contributed by atoms with Gasteiger partial charge in [-0.1, -0.05) is 78.9 Å². The number of rotatable bonds is 9. The summed E-state index contributed by atoms with van der Waals surface area (Å²) in [6, 6.07) is 30.9. The fourth-order valence-corrected chi connectivity index (χ4v) is 7.68. The average molecular weight is 597 g/mol. The van der Waals surface area contributed by atoms with Crippen LogP contribution in [0.4, 0.5) is 0 Å². The summed E-state index contributed by atoms with van der Waals surface area (Å²) in [7, 11) is 3.97. The number of amides is 2. The van der Waals surface area contributed by atoms with Gasteiger partial charge in [-0.25, -0.2) is 0 Å². The summed E-state index contributed by atoms with van der Waals surface area (Å²) in [6.07, 6.45) is 6.20. The normalized spacial score (nSPS) is 24.5. The number of aliphatic hydroxyl groups is 1. The minimum absolute atomic E-state index is 0.126. The van der Waals surface area contributed by atoms with Gasteiger partial charge in [0.2, 0.25) is 11.8 Å². The van der Waals surface area contributed by atoms with Gasteiger partial charge in [-0.2, -0.15) is 0 Å². The molecule has 1 saturated carbocycles. The molecule has 2 amide bonds. The van der Waals surface area contributed by atoms with Crippen LogP contribution >= 0.6 is 0 Å². The van der Waals surface area contributed by atoms with Gasteiger partial charge < -0.3 is 10.0 Å². The fraction of sp³-hybridized carbons (Fsp3) is 0.263. The van der Waals surface area contributed by atoms with E-state index in [0.717, 1.165) is 28.9 Å². The van der Waals surface area contributed by atoms with Crippen LogP contribution in [0.2, 0.25) is 0 Å². The molecular formula is C38H36N4O3. The highest BCUT2D eigenvalue weighted by molar-refractivity contribution is 6.08. The highest BCUT2D eigenvalue weighted by atomic mass is 16.3. The van der Waals surface area contributed by atoms with E-state index in [-0.39, 0.29) is 17.7 Å². The monoisotopic (exact) mass is 596 g/mol. The lowest BCUT2D eigenvalue weighted by atomic mass is 9.71. The predicted molar refractivity (Wildman–Crippen MR) is 172 cm³/mol. The molecule has 0 radical (unpaired) electrons. The van der Waals surface area contributed by atoms with E-state index in [9.17, 15) is 14.7 Å². The number of allylic oxidation sites excluding steroid dienone is 2. The minimum Gasteiger partial charge on any atom is -0.375 e. The van der Waals surface area contributed by atoms with Gasteiger partial charge in [-0.05, 0) is 73.6 Å². The van der Waals surface area contributed by atoms with Crippen LogP contribution in [0.1, 0.15) is 28.9 Å². The summed E-state index contributed by atoms with van der Waals surface area (Å²) in [5.41, 5.74) is 3.81. The van der Waals surface area contributed by atoms with Crippen molar-refractivity contribution >= 4 is 17.4 Å². The van der Waals surface area contributed by atoms with Crippen LogP contribution in [0, 0.1) is 23.7 Å². The lowest BCUT2D eigenvalue weighted by Gasteiger charge is -2.36. The Kier molecular flexibility index (Phi) is 7.51. The zero-order valence-electron chi connectivity index (χ0n) is 25.5. The third kappa shape index (κ3) is 4.74. The highest BCUT2D eigenvalue weighted by Gasteiger charge is 2.66. The van der Waals surface area contributed by atoms with Crippen LogP contribution in [0.5, 0.6) is 0 Å². The predicted octanol–water partition coefficient (Wildman–Crippen LogP) is 4.95. The van der Waals surface area contributed by atoms with Gasteiger partial charge in [-0.3, -0.25) is 24.5 Å². The van der Waals surface area contributed by atoms with Crippen LogP contribution in [-0.4, -0.2) is 63.9 Å². The largest absolute Gasteiger partial charge is 0.375 e. The van der Waals surface area contributed by atoms with Gasteiger partial charge in [0.25, 0.3) is 0 Å². The molecule has 7 nitrogen and oxygen atoms in total. The van der Waals surface area contributed by atoms with E-state index in [1.54, 1.807) is 12.4 Å². The van der Waals surface area contributed by atoms with Crippen molar-refractivity contribution in [2.45, 2.75) is 12.0 Å². The Morgan fingerprint density at radius 3 is 2.11 bits per heavy atom. The molecule has 5 unspecified atom stereocenters. The minimum atomic E-state index is -1.62. The van der Waals surface area contributed by atoms with Gasteiger partial charge in [-0.15, -0.1) is 0 Å². The van der Waals surface area contributed by atoms with E-state index in [1.165, 1.54) is 4.90 Å². The second-order valence-corrected chi connectivity index (χ2v) is 12.4. The number of pyridine rings is 2. The maximum atomic E-state index is 14.4. The number of fused-ring (bicyclic) bond motifs is 5. The maximum absolute atomic E-state index is 14.4. The molecule has 2 fully saturated rings. The fourth-order valence-electron chi connectivity index (χ4n) is 7.68. The molecular weight excluding hydrogens is 560 g/mol. The Bertz CT molecular complexity index is 1690. The Morgan fingerprint density at radius 1 is 0.822 bits per heavy atom. The Morgan fingerprint density at radius 2 is 1.47 bits per heavy atom. The molecule has 5 atom stereocenters. The van der Waals surface area contributed by atoms with Crippen molar-refractivity contribution in [3.05, 3.63) is 149 Å². The maximum Gasteiger partial charge on any atom is 0.234 e. The number of hydrogen-bond donors (Lipinski definition) is 1. The molecule has 1 saturated heterocycles. The molecule has 3 heterocycles.